The molecule has 0 unspecified atom stereocenters. The molecule has 1 aromatic rings. The first-order chi connectivity index (χ1) is 21.4. The Bertz CT molecular complexity index is 1480. The number of hydrogen-bond acceptors (Lipinski definition) is 17. The van der Waals surface area contributed by atoms with Gasteiger partial charge in [-0.1, -0.05) is 49.6 Å². The Kier molecular flexibility index (Phi) is 13.8. The van der Waals surface area contributed by atoms with E-state index in [9.17, 15) is 48.5 Å². The zero-order valence-corrected chi connectivity index (χ0v) is 26.8. The maximum Gasteiger partial charge on any atom is 0.249 e. The predicted molar refractivity (Wildman–Crippen MR) is 147 cm³/mol. The molecule has 19 nitrogen and oxygen atoms in total. The lowest BCUT2D eigenvalue weighted by atomic mass is 9.95. The number of carbonyl (C=O) groups excluding carboxylic acids is 2. The van der Waals surface area contributed by atoms with Crippen LogP contribution in [0.5, 0.6) is 0 Å². The Morgan fingerprint density at radius 1 is 0.870 bits per heavy atom. The molecule has 2 fully saturated rings. The van der Waals surface area contributed by atoms with E-state index in [4.69, 9.17) is 14.2 Å². The van der Waals surface area contributed by atoms with E-state index in [1.807, 2.05) is 0 Å². The van der Waals surface area contributed by atoms with E-state index in [0.717, 1.165) is 39.2 Å². The van der Waals surface area contributed by atoms with Crippen molar-refractivity contribution in [3.63, 3.8) is 0 Å². The molecule has 2 aliphatic rings. The first kappa shape index (κ1) is 38.1. The van der Waals surface area contributed by atoms with Gasteiger partial charge in [0.1, 0.15) is 24.9 Å². The highest BCUT2D eigenvalue weighted by atomic mass is 32.3. The molecule has 1 saturated carbocycles. The molecule has 1 aromatic carbocycles. The van der Waals surface area contributed by atoms with Gasteiger partial charge in [0.25, 0.3) is 0 Å². The molecule has 1 N–H and O–H groups in total. The minimum atomic E-state index is -5.81. The van der Waals surface area contributed by atoms with E-state index in [1.165, 1.54) is 4.90 Å². The molecule has 1 heterocycles. The van der Waals surface area contributed by atoms with Gasteiger partial charge >= 0.3 is 0 Å². The number of benzene rings is 1. The predicted octanol–water partition coefficient (Wildman–Crippen LogP) is -1.61. The van der Waals surface area contributed by atoms with E-state index < -0.39 is 86.9 Å². The number of nitrogens with one attached hydrogen (secondary N) is 1. The van der Waals surface area contributed by atoms with Crippen LogP contribution in [0, 0.1) is 0 Å². The van der Waals surface area contributed by atoms with Crippen molar-refractivity contribution in [1.82, 2.24) is 10.2 Å². The number of ether oxygens (including phenoxy) is 3. The fourth-order valence-corrected chi connectivity index (χ4v) is 6.49. The Hall–Kier alpha value is -2.35. The maximum absolute atomic E-state index is 13.2. The third kappa shape index (κ3) is 13.0. The normalized spacial score (nSPS) is 24.7. The Morgan fingerprint density at radius 2 is 1.43 bits per heavy atom. The van der Waals surface area contributed by atoms with Crippen LogP contribution in [0.15, 0.2) is 30.3 Å². The molecule has 22 heteroatoms. The van der Waals surface area contributed by atoms with Gasteiger partial charge in [0.05, 0.1) is 13.2 Å². The number of carbonyl (C=O) groups is 2. The van der Waals surface area contributed by atoms with Gasteiger partial charge in [0.2, 0.25) is 43.0 Å². The highest BCUT2D eigenvalue weighted by Crippen LogP contribution is 2.31. The molecule has 1 aliphatic heterocycles. The number of methoxy groups -OCH3 is 1. The molecule has 5 atom stereocenters. The largest absolute Gasteiger partial charge is 0.726 e. The summed E-state index contributed by atoms with van der Waals surface area (Å²) in [5.41, 5.74) is 0.673. The summed E-state index contributed by atoms with van der Waals surface area (Å²) in [4.78, 5) is 27.2. The summed E-state index contributed by atoms with van der Waals surface area (Å²) in [6.45, 7) is -2.01. The number of hydrogen-bond donors (Lipinski definition) is 1. The minimum Gasteiger partial charge on any atom is -0.726 e. The van der Waals surface area contributed by atoms with Crippen LogP contribution in [0.25, 0.3) is 0 Å². The second kappa shape index (κ2) is 16.7. The average Bonchev–Trinajstić information content (AvgIpc) is 2.94. The van der Waals surface area contributed by atoms with E-state index in [0.29, 0.717) is 5.56 Å². The maximum atomic E-state index is 13.2. The van der Waals surface area contributed by atoms with Crippen molar-refractivity contribution in [2.24, 2.45) is 0 Å². The summed E-state index contributed by atoms with van der Waals surface area (Å²) >= 11 is 0. The van der Waals surface area contributed by atoms with Gasteiger partial charge in [0, 0.05) is 19.7 Å². The smallest absolute Gasteiger partial charge is 0.249 e. The van der Waals surface area contributed by atoms with Gasteiger partial charge in [-0.25, -0.2) is 25.3 Å². The average molecular weight is 718 g/mol. The first-order valence-corrected chi connectivity index (χ1v) is 17.7. The molecule has 0 aromatic heterocycles. The Morgan fingerprint density at radius 3 is 2.00 bits per heavy atom. The molecule has 0 radical (unpaired) electrons. The van der Waals surface area contributed by atoms with Crippen LogP contribution in [0.1, 0.15) is 37.7 Å². The van der Waals surface area contributed by atoms with Crippen molar-refractivity contribution in [3.8, 4) is 0 Å². The Balaban J connectivity index is 1.78. The lowest BCUT2D eigenvalue weighted by molar-refractivity contribution is -0.282. The molecule has 0 spiro atoms. The van der Waals surface area contributed by atoms with Crippen molar-refractivity contribution in [3.05, 3.63) is 35.9 Å². The van der Waals surface area contributed by atoms with Crippen molar-refractivity contribution in [2.45, 2.75) is 75.4 Å². The summed E-state index contributed by atoms with van der Waals surface area (Å²) in [5, 5.41) is 2.90. The van der Waals surface area contributed by atoms with Gasteiger partial charge in [-0.05, 0) is 18.4 Å². The second-order valence-electron chi connectivity index (χ2n) is 10.3. The van der Waals surface area contributed by atoms with Crippen molar-refractivity contribution < 1.29 is 75.3 Å². The van der Waals surface area contributed by atoms with Crippen molar-refractivity contribution in [2.75, 3.05) is 26.9 Å². The molecule has 262 valence electrons. The van der Waals surface area contributed by atoms with Crippen LogP contribution in [-0.4, -0.2) is 119 Å². The SMILES string of the molecule is CO[C@H]1O[C@@H](COCC(=O)N(CC(=O)NC2CCCCC2)Cc2ccccc2)[C@@H](OS(=O)(=O)[O-])[C@H](OS(=O)(=O)[O-])[C@H]1OS(=O)(=O)[O-]. The molecule has 1 saturated heterocycles. The summed E-state index contributed by atoms with van der Waals surface area (Å²) in [6, 6.07) is 8.61. The molecule has 1 aliphatic carbocycles. The highest BCUT2D eigenvalue weighted by molar-refractivity contribution is 7.81. The quantitative estimate of drug-likeness (QED) is 0.149. The third-order valence-corrected chi connectivity index (χ3v) is 8.27. The third-order valence-electron chi connectivity index (χ3n) is 6.89. The van der Waals surface area contributed by atoms with Crippen LogP contribution in [0.3, 0.4) is 0 Å². The lowest BCUT2D eigenvalue weighted by Gasteiger charge is -2.44. The number of amides is 2. The van der Waals surface area contributed by atoms with Crippen LogP contribution in [-0.2, 0) is 74.1 Å². The summed E-state index contributed by atoms with van der Waals surface area (Å²) < 4.78 is 131. The van der Waals surface area contributed by atoms with Crippen LogP contribution in [0.4, 0.5) is 0 Å². The lowest BCUT2D eigenvalue weighted by Crippen LogP contribution is -2.62. The Labute approximate surface area is 266 Å². The van der Waals surface area contributed by atoms with E-state index in [2.05, 4.69) is 17.9 Å². The van der Waals surface area contributed by atoms with Gasteiger partial charge in [-0.2, -0.15) is 0 Å². The number of nitrogens with zero attached hydrogens (tertiary/aromatic N) is 1. The van der Waals surface area contributed by atoms with Gasteiger partial charge in [0.15, 0.2) is 12.4 Å². The van der Waals surface area contributed by atoms with E-state index >= 15 is 0 Å². The summed E-state index contributed by atoms with van der Waals surface area (Å²) in [7, 11) is -16.4. The molecule has 3 rings (SSSR count). The highest BCUT2D eigenvalue weighted by Gasteiger charge is 2.52. The van der Waals surface area contributed by atoms with E-state index in [-0.39, 0.29) is 19.1 Å². The molecule has 46 heavy (non-hydrogen) atoms. The van der Waals surface area contributed by atoms with Crippen LogP contribution < -0.4 is 5.32 Å². The van der Waals surface area contributed by atoms with Crippen LogP contribution >= 0.6 is 0 Å². The van der Waals surface area contributed by atoms with Gasteiger partial charge in [-0.3, -0.25) is 22.1 Å². The zero-order chi connectivity index (χ0) is 34.1. The van der Waals surface area contributed by atoms with Gasteiger partial charge < -0.3 is 38.1 Å². The number of rotatable bonds is 16. The molecular weight excluding hydrogens is 684 g/mol. The molecule has 0 bridgehead atoms. The monoisotopic (exact) mass is 717 g/mol. The first-order valence-electron chi connectivity index (χ1n) is 13.7. The summed E-state index contributed by atoms with van der Waals surface area (Å²) in [5.74, 6) is -1.15. The fraction of sp³-hybridized carbons (Fsp3) is 0.667. The topological polar surface area (TPSA) is 276 Å². The second-order valence-corrected chi connectivity index (χ2v) is 13.4. The molecule has 2 amide bonds. The summed E-state index contributed by atoms with van der Waals surface area (Å²) in [6.07, 6.45) is -6.90. The fourth-order valence-electron chi connectivity index (χ4n) is 5.02. The zero-order valence-electron chi connectivity index (χ0n) is 24.3. The van der Waals surface area contributed by atoms with E-state index in [1.54, 1.807) is 30.3 Å². The minimum absolute atomic E-state index is 0.00702. The molecular formula is C24H33N2O17S3-3. The van der Waals surface area contributed by atoms with Crippen molar-refractivity contribution in [1.29, 1.82) is 0 Å². The van der Waals surface area contributed by atoms with Crippen LogP contribution in [0.2, 0.25) is 0 Å². The van der Waals surface area contributed by atoms with Crippen molar-refractivity contribution >= 4 is 43.0 Å². The standard InChI is InChI=1S/C24H36N2O17S3/c1-38-24-23(43-46(35,36)37)22(42-45(32,33)34)21(41-44(29,30)31)18(40-24)14-39-15-20(28)26(12-16-8-4-2-5-9-16)13-19(27)25-17-10-6-3-7-11-17/h2,4-5,8-9,17-18,21-24H,3,6-7,10-15H2,1H3,(H,25,27)(H,29,30,31)(H,32,33,34)(H,35,36,37)/p-3/t18-,21+,22-,23+,24-/m0/s1. The van der Waals surface area contributed by atoms with Gasteiger partial charge in [-0.15, -0.1) is 0 Å².